The third kappa shape index (κ3) is 3.06. The molecule has 0 aromatic rings. The lowest BCUT2D eigenvalue weighted by atomic mass is 10.0. The van der Waals surface area contributed by atoms with Crippen LogP contribution in [0.1, 0.15) is 33.1 Å². The van der Waals surface area contributed by atoms with E-state index >= 15 is 0 Å². The van der Waals surface area contributed by atoms with E-state index in [1.165, 1.54) is 12.8 Å². The average Bonchev–Trinajstić information content (AvgIpc) is 2.05. The zero-order chi connectivity index (χ0) is 9.90. The van der Waals surface area contributed by atoms with Crippen molar-refractivity contribution in [3.63, 3.8) is 0 Å². The van der Waals surface area contributed by atoms with E-state index in [2.05, 4.69) is 18.2 Å². The van der Waals surface area contributed by atoms with Crippen molar-refractivity contribution >= 4 is 10.1 Å². The van der Waals surface area contributed by atoms with Crippen molar-refractivity contribution in [1.82, 2.24) is 4.31 Å². The van der Waals surface area contributed by atoms with Gasteiger partial charge in [0.15, 0.2) is 0 Å². The minimum Gasteiger partial charge on any atom is -0.271 e. The fraction of sp³-hybridized carbons (Fsp3) is 1.00. The molecule has 0 N–H and O–H groups in total. The fourth-order valence-corrected chi connectivity index (χ4v) is 4.16. The number of piperidine rings is 1. The highest BCUT2D eigenvalue weighted by Crippen LogP contribution is 2.21. The lowest BCUT2D eigenvalue weighted by Crippen LogP contribution is -2.43. The Bertz CT molecular complexity index is 197. The second kappa shape index (κ2) is 4.56. The van der Waals surface area contributed by atoms with Gasteiger partial charge in [-0.1, -0.05) is 24.0 Å². The molecule has 1 heterocycles. The summed E-state index contributed by atoms with van der Waals surface area (Å²) < 4.78 is 14.4. The third-order valence-corrected chi connectivity index (χ3v) is 5.87. The largest absolute Gasteiger partial charge is 0.271 e. The number of nitrogens with zero attached hydrogens (tertiary/aromatic N) is 1. The van der Waals surface area contributed by atoms with Crippen molar-refractivity contribution in [2.75, 3.05) is 25.1 Å². The highest BCUT2D eigenvalue weighted by atomic mass is 32.3. The van der Waals surface area contributed by atoms with Crippen molar-refractivity contribution in [2.24, 2.45) is 5.92 Å². The molecule has 0 bridgehead atoms. The molecule has 1 aliphatic heterocycles. The van der Waals surface area contributed by atoms with Gasteiger partial charge >= 0.3 is 0 Å². The molecule has 1 fully saturated rings. The molecular weight excluding hydrogens is 182 g/mol. The summed E-state index contributed by atoms with van der Waals surface area (Å²) in [5, 5.41) is 0. The molecule has 2 nitrogen and oxygen atoms in total. The molecule has 1 rings (SSSR count). The number of rotatable bonds is 3. The van der Waals surface area contributed by atoms with Crippen LogP contribution in [0.3, 0.4) is 0 Å². The molecule has 0 unspecified atom stereocenters. The molecule has 3 heteroatoms. The summed E-state index contributed by atoms with van der Waals surface area (Å²) in [6, 6.07) is 0. The minimum absolute atomic E-state index is 0.831. The highest BCUT2D eigenvalue weighted by molar-refractivity contribution is 8.00. The molecule has 0 aliphatic carbocycles. The van der Waals surface area contributed by atoms with Crippen molar-refractivity contribution in [1.29, 1.82) is 0 Å². The van der Waals surface area contributed by atoms with Gasteiger partial charge in [-0.25, -0.2) is 4.31 Å². The molecule has 0 atom stereocenters. The zero-order valence-electron chi connectivity index (χ0n) is 9.12. The van der Waals surface area contributed by atoms with Crippen LogP contribution in [0.15, 0.2) is 0 Å². The van der Waals surface area contributed by atoms with Crippen LogP contribution in [-0.4, -0.2) is 33.6 Å². The molecular formula is C10H23NOS. The number of hydrogen-bond donors (Lipinski definition) is 1. The molecule has 0 aromatic carbocycles. The summed E-state index contributed by atoms with van der Waals surface area (Å²) in [5.74, 6) is 1.72. The van der Waals surface area contributed by atoms with Gasteiger partial charge in [-0.05, 0) is 25.2 Å². The van der Waals surface area contributed by atoms with Gasteiger partial charge in [0, 0.05) is 25.1 Å². The SMILES string of the molecule is CCC[SH](C)(=O)N1CCC(C)CC1. The number of thiol groups is 1. The van der Waals surface area contributed by atoms with E-state index in [1.54, 1.807) is 0 Å². The maximum Gasteiger partial charge on any atom is 0.0125 e. The van der Waals surface area contributed by atoms with Gasteiger partial charge in [0.25, 0.3) is 0 Å². The Morgan fingerprint density at radius 3 is 2.38 bits per heavy atom. The molecule has 0 spiro atoms. The second-order valence-electron chi connectivity index (χ2n) is 4.41. The van der Waals surface area contributed by atoms with Gasteiger partial charge in [-0.15, -0.1) is 0 Å². The van der Waals surface area contributed by atoms with Gasteiger partial charge in [0.05, 0.1) is 0 Å². The van der Waals surface area contributed by atoms with E-state index in [0.29, 0.717) is 0 Å². The Kier molecular flexibility index (Phi) is 3.92. The standard InChI is InChI=1S/C10H23NOS/c1-4-9-13(3,12)11-7-5-10(2)6-8-11/h10,13H,4-9H2,1-3H3. The quantitative estimate of drug-likeness (QED) is 0.695. The predicted molar refractivity (Wildman–Crippen MR) is 60.6 cm³/mol. The summed E-state index contributed by atoms with van der Waals surface area (Å²) in [7, 11) is -1.96. The van der Waals surface area contributed by atoms with Gasteiger partial charge < -0.3 is 0 Å². The Morgan fingerprint density at radius 2 is 1.92 bits per heavy atom. The molecule has 1 aliphatic rings. The second-order valence-corrected chi connectivity index (χ2v) is 7.53. The van der Waals surface area contributed by atoms with Crippen LogP contribution < -0.4 is 0 Å². The lowest BCUT2D eigenvalue weighted by molar-refractivity contribution is 0.295. The lowest BCUT2D eigenvalue weighted by Gasteiger charge is -2.38. The first kappa shape index (κ1) is 11.2. The summed E-state index contributed by atoms with van der Waals surface area (Å²) in [6.45, 7) is 6.50. The van der Waals surface area contributed by atoms with Gasteiger partial charge in [0.1, 0.15) is 0 Å². The fourth-order valence-electron chi connectivity index (χ4n) is 1.97. The Hall–Kier alpha value is 0.110. The first-order chi connectivity index (χ1) is 6.06. The first-order valence-corrected chi connectivity index (χ1v) is 7.67. The van der Waals surface area contributed by atoms with E-state index in [1.807, 2.05) is 6.26 Å². The predicted octanol–water partition coefficient (Wildman–Crippen LogP) is 1.69. The summed E-state index contributed by atoms with van der Waals surface area (Å²) in [6.07, 6.45) is 5.44. The smallest absolute Gasteiger partial charge is 0.0125 e. The Morgan fingerprint density at radius 1 is 1.38 bits per heavy atom. The normalized spacial score (nSPS) is 23.3. The van der Waals surface area contributed by atoms with Crippen LogP contribution in [0.2, 0.25) is 0 Å². The van der Waals surface area contributed by atoms with Crippen LogP contribution in [0.4, 0.5) is 0 Å². The topological polar surface area (TPSA) is 20.3 Å². The zero-order valence-corrected chi connectivity index (χ0v) is 10.0. The molecule has 0 amide bonds. The van der Waals surface area contributed by atoms with Gasteiger partial charge in [0.2, 0.25) is 0 Å². The summed E-state index contributed by atoms with van der Waals surface area (Å²) in [5.41, 5.74) is 0. The molecule has 0 saturated carbocycles. The van der Waals surface area contributed by atoms with E-state index in [-0.39, 0.29) is 0 Å². The van der Waals surface area contributed by atoms with Crippen LogP contribution in [-0.2, 0) is 10.1 Å². The van der Waals surface area contributed by atoms with E-state index in [4.69, 9.17) is 0 Å². The van der Waals surface area contributed by atoms with E-state index in [9.17, 15) is 4.21 Å². The first-order valence-electron chi connectivity index (χ1n) is 5.38. The van der Waals surface area contributed by atoms with Crippen LogP contribution >= 0.6 is 0 Å². The maximum absolute atomic E-state index is 12.2. The van der Waals surface area contributed by atoms with Crippen LogP contribution in [0.25, 0.3) is 0 Å². The molecule has 80 valence electrons. The van der Waals surface area contributed by atoms with Crippen LogP contribution in [0, 0.1) is 5.92 Å². The van der Waals surface area contributed by atoms with Crippen LogP contribution in [0.5, 0.6) is 0 Å². The summed E-state index contributed by atoms with van der Waals surface area (Å²) in [4.78, 5) is 0. The minimum atomic E-state index is -1.96. The summed E-state index contributed by atoms with van der Waals surface area (Å²) >= 11 is 0. The molecule has 1 saturated heterocycles. The van der Waals surface area contributed by atoms with Crippen molar-refractivity contribution in [3.8, 4) is 0 Å². The molecule has 0 aromatic heterocycles. The average molecular weight is 205 g/mol. The Balaban J connectivity index is 2.48. The third-order valence-electron chi connectivity index (χ3n) is 3.00. The van der Waals surface area contributed by atoms with Crippen molar-refractivity contribution in [3.05, 3.63) is 0 Å². The maximum atomic E-state index is 12.2. The van der Waals surface area contributed by atoms with Gasteiger partial charge in [-0.3, -0.25) is 4.21 Å². The highest BCUT2D eigenvalue weighted by Gasteiger charge is 2.23. The van der Waals surface area contributed by atoms with Crippen molar-refractivity contribution < 1.29 is 4.21 Å². The molecule has 0 radical (unpaired) electrons. The number of hydrogen-bond acceptors (Lipinski definition) is 1. The Labute approximate surface area is 83.3 Å². The van der Waals surface area contributed by atoms with Crippen molar-refractivity contribution in [2.45, 2.75) is 33.1 Å². The van der Waals surface area contributed by atoms with Gasteiger partial charge in [-0.2, -0.15) is 0 Å². The monoisotopic (exact) mass is 205 g/mol. The molecule has 13 heavy (non-hydrogen) atoms. The van der Waals surface area contributed by atoms with E-state index < -0.39 is 10.1 Å². The van der Waals surface area contributed by atoms with E-state index in [0.717, 1.165) is 31.2 Å².